The number of nitrogens with two attached hydrogens (primary N) is 1. The smallest absolute Gasteiger partial charge is 0.490 e. The van der Waals surface area contributed by atoms with Gasteiger partial charge in [-0.05, 0) is 55.6 Å². The molecule has 33 heteroatoms. The Balaban J connectivity index is 1.35. The van der Waals surface area contributed by atoms with Gasteiger partial charge in [0.05, 0.1) is 37.5 Å². The number of esters is 1. The number of amides is 2. The number of nitrogens with one attached hydrogen (secondary N) is 3. The van der Waals surface area contributed by atoms with E-state index in [9.17, 15) is 42.7 Å². The highest BCUT2D eigenvalue weighted by atomic mass is 33.1. The van der Waals surface area contributed by atoms with E-state index in [2.05, 4.69) is 51.4 Å². The SMILES string of the molecule is CNCCNC(=O)c1cccc(OCC(N=[N+]=[N-])OCCOCC(=O)NCC#Cc2cn([C@H]3CC(OC(=O)c4ccccc4C(C)SSC)[C@@H](COP(=O)(O)OP(=O)(O)OP(=O)(O)O)O3)c(=O)nc2N)c1. The summed E-state index contributed by atoms with van der Waals surface area (Å²) in [5.41, 5.74) is 15.1. The van der Waals surface area contributed by atoms with Crippen molar-refractivity contribution in [3.8, 4) is 17.6 Å². The van der Waals surface area contributed by atoms with Crippen molar-refractivity contribution in [2.45, 2.75) is 43.3 Å². The van der Waals surface area contributed by atoms with E-state index < -0.39 is 78.9 Å². The average Bonchev–Trinajstić information content (AvgIpc) is 3.70. The van der Waals surface area contributed by atoms with Crippen LogP contribution in [0.2, 0.25) is 0 Å². The van der Waals surface area contributed by atoms with Gasteiger partial charge in [0.25, 0.3) is 5.91 Å². The number of hydrogen-bond acceptors (Lipinski definition) is 21. The Kier molecular flexibility index (Phi) is 23.5. The summed E-state index contributed by atoms with van der Waals surface area (Å²) in [6.07, 6.45) is -2.58. The molecule has 388 valence electrons. The van der Waals surface area contributed by atoms with Gasteiger partial charge >= 0.3 is 35.1 Å². The second-order valence-electron chi connectivity index (χ2n) is 14.3. The van der Waals surface area contributed by atoms with Crippen LogP contribution in [0.5, 0.6) is 5.75 Å². The van der Waals surface area contributed by atoms with Crippen LogP contribution in [0.4, 0.5) is 5.82 Å². The number of azide groups is 1. The van der Waals surface area contributed by atoms with Gasteiger partial charge in [-0.15, -0.1) is 0 Å². The standard InChI is InChI=1S/C38H50N9O19P3S2/c1-24(71-70-3)28-11-4-5-12-29(28)37(50)64-30-19-34(63-31(30)21-62-68(55,56)66-69(57,58)65-67(52,53)54)47-20-26(35(39)44-38(47)51)9-7-13-42-32(48)22-59-16-17-60-33(45-46-40)23-61-27-10-6-8-25(18-27)36(49)43-15-14-41-2/h4-6,8,10-12,18,20,24,30-31,33-34,41H,13-17,19,21-23H2,1-3H3,(H,42,48)(H,43,49)(H,55,56)(H,57,58)(H2,39,44,51)(H2,52,53,54)/t24?,30?,31-,33?,34-/m1/s1. The summed E-state index contributed by atoms with van der Waals surface area (Å²) >= 11 is 0. The quantitative estimate of drug-likeness (QED) is 0.00757. The van der Waals surface area contributed by atoms with Crippen LogP contribution in [-0.2, 0) is 50.6 Å². The molecule has 2 amide bonds. The van der Waals surface area contributed by atoms with Crippen LogP contribution in [0.1, 0.15) is 56.7 Å². The number of rotatable bonds is 28. The fraction of sp³-hybridized carbons (Fsp3) is 0.447. The number of likely N-dealkylation sites (N-methyl/N-ethyl adjacent to an activating group) is 1. The number of ether oxygens (including phenoxy) is 5. The lowest BCUT2D eigenvalue weighted by molar-refractivity contribution is -0.126. The Morgan fingerprint density at radius 1 is 1.07 bits per heavy atom. The summed E-state index contributed by atoms with van der Waals surface area (Å²) in [5.74, 6) is 3.61. The van der Waals surface area contributed by atoms with Gasteiger partial charge in [0, 0.05) is 41.4 Å². The lowest BCUT2D eigenvalue weighted by Crippen LogP contribution is -2.31. The molecule has 1 aromatic heterocycles. The topological polar surface area (TPSA) is 403 Å². The van der Waals surface area contributed by atoms with E-state index in [-0.39, 0.29) is 60.9 Å². The summed E-state index contributed by atoms with van der Waals surface area (Å²) in [7, 11) is -12.6. The molecule has 2 aromatic carbocycles. The van der Waals surface area contributed by atoms with E-state index in [4.69, 9.17) is 49.3 Å². The zero-order valence-corrected chi connectivity index (χ0v) is 42.1. The maximum atomic E-state index is 13.6. The summed E-state index contributed by atoms with van der Waals surface area (Å²) in [4.78, 5) is 95.5. The molecule has 0 radical (unpaired) electrons. The lowest BCUT2D eigenvalue weighted by atomic mass is 10.0. The molecule has 9 N–H and O–H groups in total. The second kappa shape index (κ2) is 28.4. The Labute approximate surface area is 412 Å². The van der Waals surface area contributed by atoms with Crippen LogP contribution in [0.25, 0.3) is 10.4 Å². The molecular weight excluding hydrogens is 1040 g/mol. The van der Waals surface area contributed by atoms with Crippen LogP contribution in [-0.4, -0.2) is 131 Å². The zero-order valence-electron chi connectivity index (χ0n) is 37.8. The van der Waals surface area contributed by atoms with Crippen molar-refractivity contribution in [2.75, 3.05) is 71.7 Å². The molecular formula is C38H50N9O19P3S2. The molecule has 0 bridgehead atoms. The van der Waals surface area contributed by atoms with Crippen molar-refractivity contribution in [2.24, 2.45) is 5.11 Å². The van der Waals surface area contributed by atoms with E-state index in [0.717, 1.165) is 10.8 Å². The molecule has 0 saturated carbocycles. The summed E-state index contributed by atoms with van der Waals surface area (Å²) in [5, 5.41) is 11.5. The van der Waals surface area contributed by atoms with E-state index in [0.29, 0.717) is 30.0 Å². The molecule has 1 aliphatic rings. The minimum Gasteiger partial charge on any atom is -0.491 e. The number of nitrogen functional groups attached to an aromatic ring is 1. The van der Waals surface area contributed by atoms with Crippen molar-refractivity contribution in [3.05, 3.63) is 97.9 Å². The van der Waals surface area contributed by atoms with Gasteiger partial charge in [-0.3, -0.25) is 18.7 Å². The molecule has 3 aromatic rings. The predicted molar refractivity (Wildman–Crippen MR) is 254 cm³/mol. The number of benzene rings is 2. The first kappa shape index (κ1) is 58.7. The second-order valence-corrected chi connectivity index (χ2v) is 21.5. The highest BCUT2D eigenvalue weighted by Gasteiger charge is 2.45. The molecule has 1 saturated heterocycles. The first-order valence-corrected chi connectivity index (χ1v) is 27.7. The third kappa shape index (κ3) is 20.3. The molecule has 1 aliphatic heterocycles. The van der Waals surface area contributed by atoms with E-state index in [1.54, 1.807) is 43.4 Å². The van der Waals surface area contributed by atoms with Gasteiger partial charge in [0.1, 0.15) is 43.2 Å². The number of carbonyl (C=O) groups excluding carboxylic acids is 3. The molecule has 0 aliphatic carbocycles. The Bertz CT molecular complexity index is 2650. The lowest BCUT2D eigenvalue weighted by Gasteiger charge is -2.22. The maximum Gasteiger partial charge on any atom is 0.490 e. The fourth-order valence-corrected chi connectivity index (χ4v) is 10.9. The number of phosphoric acid groups is 3. The number of phosphoric ester groups is 1. The van der Waals surface area contributed by atoms with Crippen LogP contribution in [0, 0.1) is 11.8 Å². The first-order chi connectivity index (χ1) is 33.6. The zero-order chi connectivity index (χ0) is 52.2. The largest absolute Gasteiger partial charge is 0.491 e. The Morgan fingerprint density at radius 3 is 2.55 bits per heavy atom. The number of anilines is 1. The molecule has 0 spiro atoms. The van der Waals surface area contributed by atoms with Gasteiger partial charge in [0.2, 0.25) is 5.91 Å². The molecule has 2 heterocycles. The highest BCUT2D eigenvalue weighted by Crippen LogP contribution is 2.66. The van der Waals surface area contributed by atoms with Crippen LogP contribution in [0.3, 0.4) is 0 Å². The van der Waals surface area contributed by atoms with Gasteiger partial charge in [-0.2, -0.15) is 13.6 Å². The molecule has 28 nitrogen and oxygen atoms in total. The number of aromatic nitrogens is 2. The predicted octanol–water partition coefficient (Wildman–Crippen LogP) is 2.92. The fourth-order valence-electron chi connectivity index (χ4n) is 6.05. The third-order valence-electron chi connectivity index (χ3n) is 9.11. The van der Waals surface area contributed by atoms with Crippen molar-refractivity contribution >= 4 is 68.7 Å². The summed E-state index contributed by atoms with van der Waals surface area (Å²) in [6, 6.07) is 12.9. The molecule has 7 atom stereocenters. The Morgan fingerprint density at radius 2 is 1.83 bits per heavy atom. The van der Waals surface area contributed by atoms with Crippen LogP contribution in [0.15, 0.2) is 64.6 Å². The number of nitrogens with zero attached hydrogens (tertiary/aromatic N) is 5. The minimum absolute atomic E-state index is 0.0211. The normalized spacial score (nSPS) is 18.0. The van der Waals surface area contributed by atoms with Crippen LogP contribution >= 0.6 is 45.1 Å². The number of carbonyl (C=O) groups is 3. The summed E-state index contributed by atoms with van der Waals surface area (Å²) in [6.45, 7) is 0.830. The van der Waals surface area contributed by atoms with Crippen molar-refractivity contribution in [1.82, 2.24) is 25.5 Å². The summed E-state index contributed by atoms with van der Waals surface area (Å²) < 4.78 is 77.0. The first-order valence-electron chi connectivity index (χ1n) is 20.6. The average molecular weight is 1090 g/mol. The van der Waals surface area contributed by atoms with Gasteiger partial charge in [-0.1, -0.05) is 62.8 Å². The van der Waals surface area contributed by atoms with Crippen molar-refractivity contribution < 1.29 is 84.5 Å². The molecule has 5 unspecified atom stereocenters. The van der Waals surface area contributed by atoms with Crippen LogP contribution < -0.4 is 32.1 Å². The maximum absolute atomic E-state index is 13.6. The third-order valence-corrected chi connectivity index (χ3v) is 15.1. The number of hydrogen-bond donors (Lipinski definition) is 8. The van der Waals surface area contributed by atoms with Crippen molar-refractivity contribution in [3.63, 3.8) is 0 Å². The molecule has 71 heavy (non-hydrogen) atoms. The molecule has 1 fully saturated rings. The van der Waals surface area contributed by atoms with E-state index >= 15 is 0 Å². The van der Waals surface area contributed by atoms with Gasteiger partial charge < -0.3 is 64.9 Å². The highest BCUT2D eigenvalue weighted by molar-refractivity contribution is 8.76. The van der Waals surface area contributed by atoms with E-state index in [1.165, 1.54) is 33.7 Å². The van der Waals surface area contributed by atoms with Crippen molar-refractivity contribution in [1.29, 1.82) is 0 Å². The molecule has 4 rings (SSSR count). The Hall–Kier alpha value is -4.85. The monoisotopic (exact) mass is 1090 g/mol. The van der Waals surface area contributed by atoms with E-state index in [1.807, 2.05) is 13.2 Å². The van der Waals surface area contributed by atoms with Gasteiger partial charge in [-0.25, -0.2) is 23.3 Å². The van der Waals surface area contributed by atoms with Gasteiger partial charge in [0.15, 0.2) is 6.23 Å². The minimum atomic E-state index is -5.89.